The van der Waals surface area contributed by atoms with E-state index in [1.165, 1.54) is 13.0 Å². The lowest BCUT2D eigenvalue weighted by Gasteiger charge is -2.11. The van der Waals surface area contributed by atoms with Gasteiger partial charge in [0.2, 0.25) is 0 Å². The molecule has 0 amide bonds. The van der Waals surface area contributed by atoms with Crippen molar-refractivity contribution in [1.29, 1.82) is 0 Å². The lowest BCUT2D eigenvalue weighted by Crippen LogP contribution is -2.12. The van der Waals surface area contributed by atoms with Gasteiger partial charge in [-0.05, 0) is 64.2 Å². The number of benzene rings is 1. The molecule has 0 fully saturated rings. The second kappa shape index (κ2) is 20.7. The highest BCUT2D eigenvalue weighted by Crippen LogP contribution is 2.19. The number of aryl methyl sites for hydroxylation is 2. The van der Waals surface area contributed by atoms with Crippen LogP contribution in [0.15, 0.2) is 12.1 Å². The van der Waals surface area contributed by atoms with E-state index in [1.54, 1.807) is 19.9 Å². The van der Waals surface area contributed by atoms with Crippen LogP contribution in [-0.2, 0) is 14.4 Å². The fourth-order valence-electron chi connectivity index (χ4n) is 2.53. The largest absolute Gasteiger partial charge is 0.304 e. The Morgan fingerprint density at radius 3 is 1.88 bits per heavy atom. The number of ketones is 3. The first-order valence-electron chi connectivity index (χ1n) is 11.7. The molecule has 0 saturated carbocycles. The summed E-state index contributed by atoms with van der Waals surface area (Å²) in [7, 11) is 0. The predicted octanol–water partition coefficient (Wildman–Crippen LogP) is 7.26. The molecular weight excluding hydrogens is 407 g/mol. The summed E-state index contributed by atoms with van der Waals surface area (Å²) in [5.41, 5.74) is 1.97. The van der Waals surface area contributed by atoms with Crippen molar-refractivity contribution >= 4 is 23.6 Å². The van der Waals surface area contributed by atoms with Crippen LogP contribution in [0.1, 0.15) is 109 Å². The molecule has 4 nitrogen and oxygen atoms in total. The van der Waals surface area contributed by atoms with Gasteiger partial charge in [-0.15, -0.1) is 0 Å². The molecule has 0 spiro atoms. The summed E-state index contributed by atoms with van der Waals surface area (Å²) in [6, 6.07) is 3.09. The SMILES string of the molecule is CC.CC=O.CCC(C)C(=O)c1cc(F)c(C)cc1C.CCCC(=O)CCC(C)C(C)=O. The molecule has 184 valence electrons. The van der Waals surface area contributed by atoms with E-state index in [9.17, 15) is 18.8 Å². The highest BCUT2D eigenvalue weighted by molar-refractivity contribution is 5.99. The van der Waals surface area contributed by atoms with Gasteiger partial charge in [-0.25, -0.2) is 4.39 Å². The second-order valence-electron chi connectivity index (χ2n) is 7.66. The summed E-state index contributed by atoms with van der Waals surface area (Å²) in [6.45, 7) is 18.3. The molecule has 1 aromatic carbocycles. The lowest BCUT2D eigenvalue weighted by atomic mass is 9.93. The summed E-state index contributed by atoms with van der Waals surface area (Å²) < 4.78 is 13.3. The molecule has 0 heterocycles. The fourth-order valence-corrected chi connectivity index (χ4v) is 2.53. The highest BCUT2D eigenvalue weighted by atomic mass is 19.1. The third-order valence-corrected chi connectivity index (χ3v) is 4.91. The third-order valence-electron chi connectivity index (χ3n) is 4.91. The minimum absolute atomic E-state index is 0.0360. The minimum atomic E-state index is -0.299. The van der Waals surface area contributed by atoms with Crippen molar-refractivity contribution in [2.75, 3.05) is 0 Å². The molecule has 2 unspecified atom stereocenters. The summed E-state index contributed by atoms with van der Waals surface area (Å²) in [5, 5.41) is 0. The average molecular weight is 453 g/mol. The normalized spacial score (nSPS) is 11.2. The molecule has 0 bridgehead atoms. The van der Waals surface area contributed by atoms with E-state index in [-0.39, 0.29) is 35.0 Å². The maximum atomic E-state index is 13.3. The number of hydrogen-bond donors (Lipinski definition) is 0. The van der Waals surface area contributed by atoms with Gasteiger partial charge in [0, 0.05) is 30.2 Å². The molecule has 0 aliphatic rings. The molecule has 0 radical (unpaired) electrons. The van der Waals surface area contributed by atoms with Crippen LogP contribution in [0.3, 0.4) is 0 Å². The van der Waals surface area contributed by atoms with Crippen LogP contribution in [0.5, 0.6) is 0 Å². The number of hydrogen-bond acceptors (Lipinski definition) is 4. The molecule has 1 rings (SSSR count). The van der Waals surface area contributed by atoms with Gasteiger partial charge in [-0.3, -0.25) is 14.4 Å². The van der Waals surface area contributed by atoms with Crippen molar-refractivity contribution in [1.82, 2.24) is 0 Å². The molecule has 32 heavy (non-hydrogen) atoms. The monoisotopic (exact) mass is 452 g/mol. The van der Waals surface area contributed by atoms with E-state index >= 15 is 0 Å². The number of aldehydes is 1. The fraction of sp³-hybridized carbons (Fsp3) is 0.630. The number of carbonyl (C=O) groups is 4. The summed E-state index contributed by atoms with van der Waals surface area (Å²) in [4.78, 5) is 42.6. The van der Waals surface area contributed by atoms with Gasteiger partial charge >= 0.3 is 0 Å². The van der Waals surface area contributed by atoms with E-state index in [0.717, 1.165) is 24.7 Å². The first-order valence-corrected chi connectivity index (χ1v) is 11.7. The first kappa shape index (κ1) is 34.4. The van der Waals surface area contributed by atoms with Gasteiger partial charge in [-0.1, -0.05) is 47.6 Å². The zero-order valence-corrected chi connectivity index (χ0v) is 21.9. The van der Waals surface area contributed by atoms with Crippen LogP contribution in [0, 0.1) is 31.5 Å². The van der Waals surface area contributed by atoms with Crippen molar-refractivity contribution in [2.24, 2.45) is 11.8 Å². The number of halogens is 1. The van der Waals surface area contributed by atoms with E-state index in [1.807, 2.05) is 48.5 Å². The first-order chi connectivity index (χ1) is 15.0. The third kappa shape index (κ3) is 15.6. The molecular formula is C27H45FO4. The van der Waals surface area contributed by atoms with E-state index in [2.05, 4.69) is 0 Å². The molecule has 5 heteroatoms. The van der Waals surface area contributed by atoms with E-state index < -0.39 is 0 Å². The molecule has 0 N–H and O–H groups in total. The topological polar surface area (TPSA) is 68.3 Å². The Morgan fingerprint density at radius 2 is 1.47 bits per heavy atom. The Kier molecular flexibility index (Phi) is 22.3. The molecule has 0 saturated heterocycles. The maximum Gasteiger partial charge on any atom is 0.166 e. The Hall–Kier alpha value is -2.17. The Labute approximate surface area is 195 Å². The van der Waals surface area contributed by atoms with Crippen LogP contribution in [0.2, 0.25) is 0 Å². The highest BCUT2D eigenvalue weighted by Gasteiger charge is 2.17. The van der Waals surface area contributed by atoms with E-state index in [0.29, 0.717) is 30.4 Å². The predicted molar refractivity (Wildman–Crippen MR) is 132 cm³/mol. The number of carbonyl (C=O) groups excluding carboxylic acids is 4. The van der Waals surface area contributed by atoms with E-state index in [4.69, 9.17) is 4.79 Å². The number of rotatable bonds is 9. The zero-order chi connectivity index (χ0) is 25.9. The lowest BCUT2D eigenvalue weighted by molar-refractivity contribution is -0.121. The van der Waals surface area contributed by atoms with Crippen molar-refractivity contribution in [3.05, 3.63) is 34.6 Å². The molecule has 2 atom stereocenters. The second-order valence-corrected chi connectivity index (χ2v) is 7.66. The average Bonchev–Trinajstić information content (AvgIpc) is 2.76. The Bertz CT molecular complexity index is 695. The molecule has 1 aromatic rings. The summed E-state index contributed by atoms with van der Waals surface area (Å²) in [5.74, 6) is 0.211. The molecule has 0 aliphatic heterocycles. The quantitative estimate of drug-likeness (QED) is 0.292. The molecule has 0 aliphatic carbocycles. The van der Waals surface area contributed by atoms with Gasteiger partial charge < -0.3 is 4.79 Å². The Morgan fingerprint density at radius 1 is 0.969 bits per heavy atom. The summed E-state index contributed by atoms with van der Waals surface area (Å²) in [6.07, 6.45) is 4.38. The van der Waals surface area contributed by atoms with Gasteiger partial charge in [0.15, 0.2) is 5.78 Å². The van der Waals surface area contributed by atoms with Crippen LogP contribution in [0.4, 0.5) is 4.39 Å². The standard InChI is InChI=1S/C13H17FO.C10H18O2.C2H4O.C2H6/c1-5-8(2)13(15)11-7-12(14)10(4)6-9(11)3;1-4-5-10(12)7-6-8(2)9(3)11;1-2-3;1-2/h6-8H,5H2,1-4H3;8H,4-7H2,1-3H3;2H,1H3;1-2H3. The zero-order valence-electron chi connectivity index (χ0n) is 21.9. The number of Topliss-reactive ketones (excluding diaryl/α,β-unsaturated/α-hetero) is 3. The minimum Gasteiger partial charge on any atom is -0.304 e. The van der Waals surface area contributed by atoms with Crippen molar-refractivity contribution in [2.45, 2.75) is 101 Å². The van der Waals surface area contributed by atoms with Crippen LogP contribution >= 0.6 is 0 Å². The van der Waals surface area contributed by atoms with Crippen molar-refractivity contribution < 1.29 is 23.6 Å². The van der Waals surface area contributed by atoms with Crippen LogP contribution in [-0.4, -0.2) is 23.6 Å². The molecule has 0 aromatic heterocycles. The van der Waals surface area contributed by atoms with Gasteiger partial charge in [0.1, 0.15) is 23.7 Å². The Balaban J connectivity index is -0.000000445. The van der Waals surface area contributed by atoms with Crippen molar-refractivity contribution in [3.8, 4) is 0 Å². The summed E-state index contributed by atoms with van der Waals surface area (Å²) >= 11 is 0. The van der Waals surface area contributed by atoms with Gasteiger partial charge in [0.25, 0.3) is 0 Å². The smallest absolute Gasteiger partial charge is 0.166 e. The van der Waals surface area contributed by atoms with Crippen molar-refractivity contribution in [3.63, 3.8) is 0 Å². The van der Waals surface area contributed by atoms with Gasteiger partial charge in [0.05, 0.1) is 0 Å². The van der Waals surface area contributed by atoms with Crippen LogP contribution < -0.4 is 0 Å². The maximum absolute atomic E-state index is 13.3. The van der Waals surface area contributed by atoms with Crippen LogP contribution in [0.25, 0.3) is 0 Å². The van der Waals surface area contributed by atoms with Gasteiger partial charge in [-0.2, -0.15) is 0 Å².